The van der Waals surface area contributed by atoms with Gasteiger partial charge in [-0.2, -0.15) is 0 Å². The van der Waals surface area contributed by atoms with Gasteiger partial charge >= 0.3 is 5.97 Å². The van der Waals surface area contributed by atoms with E-state index in [0.717, 1.165) is 17.9 Å². The van der Waals surface area contributed by atoms with E-state index in [2.05, 4.69) is 26.8 Å². The zero-order valence-corrected chi connectivity index (χ0v) is 13.4. The number of carbonyl (C=O) groups is 1. The molecule has 4 aliphatic rings. The summed E-state index contributed by atoms with van der Waals surface area (Å²) < 4.78 is 5.51. The van der Waals surface area contributed by atoms with Crippen LogP contribution in [0.5, 0.6) is 0 Å². The van der Waals surface area contributed by atoms with E-state index in [1.165, 1.54) is 32.1 Å². The van der Waals surface area contributed by atoms with Gasteiger partial charge in [0.2, 0.25) is 0 Å². The van der Waals surface area contributed by atoms with Crippen LogP contribution in [-0.2, 0) is 9.53 Å². The maximum atomic E-state index is 11.6. The molecule has 0 aromatic heterocycles. The van der Waals surface area contributed by atoms with Crippen LogP contribution in [0.4, 0.5) is 0 Å². The molecule has 4 atom stereocenters. The summed E-state index contributed by atoms with van der Waals surface area (Å²) in [4.78, 5) is 11.6. The lowest BCUT2D eigenvalue weighted by Crippen LogP contribution is -2.51. The summed E-state index contributed by atoms with van der Waals surface area (Å²) in [5.41, 5.74) is 3.57. The summed E-state index contributed by atoms with van der Waals surface area (Å²) >= 11 is 0. The second-order valence-electron chi connectivity index (χ2n) is 8.52. The van der Waals surface area contributed by atoms with Gasteiger partial charge in [-0.25, -0.2) is 4.79 Å². The monoisotopic (exact) mass is 286 g/mol. The maximum absolute atomic E-state index is 11.6. The number of allylic oxidation sites excluding steroid dienone is 1. The molecule has 114 valence electrons. The zero-order chi connectivity index (χ0) is 14.8. The Labute approximate surface area is 127 Å². The van der Waals surface area contributed by atoms with Crippen molar-refractivity contribution in [1.29, 1.82) is 0 Å². The predicted molar refractivity (Wildman–Crippen MR) is 82.6 cm³/mol. The first-order valence-electron chi connectivity index (χ1n) is 8.53. The molecule has 0 amide bonds. The van der Waals surface area contributed by atoms with E-state index >= 15 is 0 Å². The highest BCUT2D eigenvalue weighted by atomic mass is 16.5. The lowest BCUT2D eigenvalue weighted by molar-refractivity contribution is -0.140. The molecule has 0 bridgehead atoms. The van der Waals surface area contributed by atoms with Gasteiger partial charge in [0.1, 0.15) is 6.10 Å². The predicted octanol–water partition coefficient (Wildman–Crippen LogP) is 4.41. The van der Waals surface area contributed by atoms with Crippen molar-refractivity contribution in [2.75, 3.05) is 0 Å². The van der Waals surface area contributed by atoms with Crippen LogP contribution >= 0.6 is 0 Å². The minimum atomic E-state index is -0.142. The summed E-state index contributed by atoms with van der Waals surface area (Å²) in [5.74, 6) is 1.28. The van der Waals surface area contributed by atoms with Crippen LogP contribution in [0.1, 0.15) is 59.3 Å². The molecule has 3 aliphatic carbocycles. The SMILES string of the molecule is CC1(C)CCC[C@@]2(C)[C@@H]3C[C@H]4OC(=O)C=C4C=C3CC[C@H]12. The first-order valence-corrected chi connectivity index (χ1v) is 8.53. The molecule has 0 aromatic rings. The zero-order valence-electron chi connectivity index (χ0n) is 13.4. The van der Waals surface area contributed by atoms with Gasteiger partial charge < -0.3 is 4.74 Å². The number of rotatable bonds is 0. The molecular formula is C19H26O2. The molecular weight excluding hydrogens is 260 g/mol. The number of carbonyl (C=O) groups excluding carboxylic acids is 1. The van der Waals surface area contributed by atoms with Crippen molar-refractivity contribution in [1.82, 2.24) is 0 Å². The minimum Gasteiger partial charge on any atom is -0.454 e. The Bertz CT molecular complexity index is 554. The number of fused-ring (bicyclic) bond motifs is 4. The minimum absolute atomic E-state index is 0.0341. The van der Waals surface area contributed by atoms with Gasteiger partial charge in [-0.05, 0) is 60.3 Å². The molecule has 21 heavy (non-hydrogen) atoms. The van der Waals surface area contributed by atoms with Crippen molar-refractivity contribution < 1.29 is 9.53 Å². The second kappa shape index (κ2) is 4.24. The highest BCUT2D eigenvalue weighted by molar-refractivity contribution is 5.87. The highest BCUT2D eigenvalue weighted by Crippen LogP contribution is 2.63. The number of hydrogen-bond donors (Lipinski definition) is 0. The summed E-state index contributed by atoms with van der Waals surface area (Å²) in [6.45, 7) is 7.45. The van der Waals surface area contributed by atoms with Crippen molar-refractivity contribution in [3.8, 4) is 0 Å². The molecule has 2 nitrogen and oxygen atoms in total. The lowest BCUT2D eigenvalue weighted by atomic mass is 9.46. The first kappa shape index (κ1) is 13.6. The standard InChI is InChI=1S/C19H26O2/c1-18(2)7-4-8-19(3)14-11-15-13(10-17(20)21-15)9-12(14)5-6-16(18)19/h9-10,14-16H,4-8,11H2,1-3H3/t14-,15-,16-,19+/m1/s1. The third-order valence-corrected chi connectivity index (χ3v) is 6.96. The fourth-order valence-corrected chi connectivity index (χ4v) is 6.02. The van der Waals surface area contributed by atoms with Gasteiger partial charge in [0, 0.05) is 6.08 Å². The van der Waals surface area contributed by atoms with Gasteiger partial charge in [0.25, 0.3) is 0 Å². The quantitative estimate of drug-likeness (QED) is 0.616. The summed E-state index contributed by atoms with van der Waals surface area (Å²) in [6.07, 6.45) is 11.6. The fraction of sp³-hybridized carbons (Fsp3) is 0.737. The fourth-order valence-electron chi connectivity index (χ4n) is 6.02. The molecule has 1 heterocycles. The van der Waals surface area contributed by atoms with E-state index in [4.69, 9.17) is 4.74 Å². The summed E-state index contributed by atoms with van der Waals surface area (Å²) in [5, 5.41) is 0. The molecule has 0 N–H and O–H groups in total. The average Bonchev–Trinajstić information content (AvgIpc) is 2.75. The van der Waals surface area contributed by atoms with Crippen molar-refractivity contribution in [3.63, 3.8) is 0 Å². The normalized spacial score (nSPS) is 44.0. The maximum Gasteiger partial charge on any atom is 0.331 e. The van der Waals surface area contributed by atoms with Crippen LogP contribution in [0, 0.1) is 22.7 Å². The molecule has 2 saturated carbocycles. The van der Waals surface area contributed by atoms with E-state index in [1.54, 1.807) is 11.6 Å². The Kier molecular flexibility index (Phi) is 2.75. The largest absolute Gasteiger partial charge is 0.454 e. The van der Waals surface area contributed by atoms with E-state index in [1.807, 2.05) is 0 Å². The molecule has 0 unspecified atom stereocenters. The molecule has 0 saturated heterocycles. The van der Waals surface area contributed by atoms with E-state index < -0.39 is 0 Å². The van der Waals surface area contributed by atoms with Crippen LogP contribution in [0.15, 0.2) is 23.3 Å². The van der Waals surface area contributed by atoms with Gasteiger partial charge in [0.15, 0.2) is 0 Å². The van der Waals surface area contributed by atoms with Crippen molar-refractivity contribution >= 4 is 5.97 Å². The van der Waals surface area contributed by atoms with Crippen molar-refractivity contribution in [3.05, 3.63) is 23.3 Å². The van der Waals surface area contributed by atoms with E-state index in [0.29, 0.717) is 16.7 Å². The molecule has 0 radical (unpaired) electrons. The third kappa shape index (κ3) is 1.87. The molecule has 4 rings (SSSR count). The van der Waals surface area contributed by atoms with Crippen LogP contribution in [0.2, 0.25) is 0 Å². The molecule has 0 spiro atoms. The Morgan fingerprint density at radius 2 is 2.00 bits per heavy atom. The van der Waals surface area contributed by atoms with Crippen molar-refractivity contribution in [2.24, 2.45) is 22.7 Å². The Balaban J connectivity index is 1.72. The molecule has 0 aromatic carbocycles. The van der Waals surface area contributed by atoms with E-state index in [9.17, 15) is 4.79 Å². The summed E-state index contributed by atoms with van der Waals surface area (Å²) in [6, 6.07) is 0. The summed E-state index contributed by atoms with van der Waals surface area (Å²) in [7, 11) is 0. The lowest BCUT2D eigenvalue weighted by Gasteiger charge is -2.59. The molecule has 1 aliphatic heterocycles. The molecule has 2 heteroatoms. The highest BCUT2D eigenvalue weighted by Gasteiger charge is 2.54. The van der Waals surface area contributed by atoms with Gasteiger partial charge in [-0.3, -0.25) is 0 Å². The number of hydrogen-bond acceptors (Lipinski definition) is 2. The molecule has 2 fully saturated rings. The third-order valence-electron chi connectivity index (χ3n) is 6.96. The average molecular weight is 286 g/mol. The second-order valence-corrected chi connectivity index (χ2v) is 8.52. The van der Waals surface area contributed by atoms with Gasteiger partial charge in [-0.15, -0.1) is 0 Å². The Morgan fingerprint density at radius 1 is 1.19 bits per heavy atom. The van der Waals surface area contributed by atoms with Crippen LogP contribution in [-0.4, -0.2) is 12.1 Å². The van der Waals surface area contributed by atoms with Gasteiger partial charge in [-0.1, -0.05) is 38.8 Å². The number of esters is 1. The first-order chi connectivity index (χ1) is 9.90. The Hall–Kier alpha value is -1.05. The van der Waals surface area contributed by atoms with Gasteiger partial charge in [0.05, 0.1) is 0 Å². The van der Waals surface area contributed by atoms with Crippen LogP contribution < -0.4 is 0 Å². The van der Waals surface area contributed by atoms with Crippen LogP contribution in [0.3, 0.4) is 0 Å². The van der Waals surface area contributed by atoms with E-state index in [-0.39, 0.29) is 12.1 Å². The number of ether oxygens (including phenoxy) is 1. The smallest absolute Gasteiger partial charge is 0.331 e. The Morgan fingerprint density at radius 3 is 2.81 bits per heavy atom. The van der Waals surface area contributed by atoms with Crippen LogP contribution in [0.25, 0.3) is 0 Å². The topological polar surface area (TPSA) is 26.3 Å². The van der Waals surface area contributed by atoms with Crippen molar-refractivity contribution in [2.45, 2.75) is 65.4 Å².